The van der Waals surface area contributed by atoms with Gasteiger partial charge in [0.2, 0.25) is 0 Å². The monoisotopic (exact) mass is 363 g/mol. The van der Waals surface area contributed by atoms with Gasteiger partial charge in [-0.05, 0) is 36.8 Å². The van der Waals surface area contributed by atoms with Crippen LogP contribution in [0.2, 0.25) is 10.0 Å². The van der Waals surface area contributed by atoms with E-state index in [1.54, 1.807) is 24.3 Å². The first kappa shape index (κ1) is 18.0. The van der Waals surface area contributed by atoms with E-state index in [9.17, 15) is 9.59 Å². The lowest BCUT2D eigenvalue weighted by molar-refractivity contribution is -0.142. The molecule has 0 unspecified atom stereocenters. The quantitative estimate of drug-likeness (QED) is 0.628. The number of amides is 1. The molecule has 0 atom stereocenters. The zero-order valence-electron chi connectivity index (χ0n) is 12.9. The summed E-state index contributed by atoms with van der Waals surface area (Å²) in [5.74, 6) is -1.08. The fourth-order valence-corrected chi connectivity index (χ4v) is 2.43. The second kappa shape index (κ2) is 8.52. The summed E-state index contributed by atoms with van der Waals surface area (Å²) >= 11 is 12.0. The molecule has 0 heterocycles. The second-order valence-corrected chi connectivity index (χ2v) is 5.75. The number of anilines is 1. The van der Waals surface area contributed by atoms with Crippen LogP contribution in [-0.2, 0) is 14.3 Å². The van der Waals surface area contributed by atoms with Crippen LogP contribution < -0.4 is 5.32 Å². The lowest BCUT2D eigenvalue weighted by atomic mass is 10.2. The van der Waals surface area contributed by atoms with Crippen molar-refractivity contribution in [2.24, 2.45) is 0 Å². The van der Waals surface area contributed by atoms with Gasteiger partial charge in [0.15, 0.2) is 6.61 Å². The molecule has 0 spiro atoms. The van der Waals surface area contributed by atoms with E-state index in [0.29, 0.717) is 21.3 Å². The fraction of sp³-hybridized carbons (Fsp3) is 0.111. The Balaban J connectivity index is 1.88. The largest absolute Gasteiger partial charge is 0.452 e. The molecule has 0 fully saturated rings. The highest BCUT2D eigenvalue weighted by atomic mass is 35.5. The van der Waals surface area contributed by atoms with Gasteiger partial charge in [-0.25, -0.2) is 4.79 Å². The van der Waals surface area contributed by atoms with Gasteiger partial charge in [0.1, 0.15) is 0 Å². The summed E-state index contributed by atoms with van der Waals surface area (Å²) in [7, 11) is 0. The zero-order valence-corrected chi connectivity index (χ0v) is 14.4. The third-order valence-corrected chi connectivity index (χ3v) is 3.81. The highest BCUT2D eigenvalue weighted by Gasteiger charge is 2.08. The summed E-state index contributed by atoms with van der Waals surface area (Å²) in [6, 6.07) is 12.4. The van der Waals surface area contributed by atoms with E-state index in [1.807, 2.05) is 25.1 Å². The molecule has 24 heavy (non-hydrogen) atoms. The van der Waals surface area contributed by atoms with E-state index in [2.05, 4.69) is 5.32 Å². The van der Waals surface area contributed by atoms with Gasteiger partial charge in [-0.1, -0.05) is 47.5 Å². The highest BCUT2D eigenvalue weighted by Crippen LogP contribution is 2.25. The Morgan fingerprint density at radius 3 is 2.42 bits per heavy atom. The number of nitrogens with one attached hydrogen (secondary N) is 1. The SMILES string of the molecule is Cc1ccccc1NC(=O)COC(=O)/C=C/c1c(Cl)cccc1Cl. The Kier molecular flexibility index (Phi) is 6.41. The molecule has 0 aliphatic heterocycles. The van der Waals surface area contributed by atoms with E-state index in [-0.39, 0.29) is 6.61 Å². The first-order valence-electron chi connectivity index (χ1n) is 7.11. The van der Waals surface area contributed by atoms with Crippen LogP contribution in [0.1, 0.15) is 11.1 Å². The number of aryl methyl sites for hydroxylation is 1. The third-order valence-electron chi connectivity index (χ3n) is 3.15. The maximum atomic E-state index is 11.8. The minimum absolute atomic E-state index is 0.381. The Morgan fingerprint density at radius 2 is 1.75 bits per heavy atom. The van der Waals surface area contributed by atoms with Gasteiger partial charge in [-0.3, -0.25) is 4.79 Å². The van der Waals surface area contributed by atoms with Crippen molar-refractivity contribution in [3.05, 3.63) is 69.7 Å². The van der Waals surface area contributed by atoms with Gasteiger partial charge in [0.25, 0.3) is 5.91 Å². The second-order valence-electron chi connectivity index (χ2n) is 4.94. The maximum absolute atomic E-state index is 11.8. The van der Waals surface area contributed by atoms with Crippen molar-refractivity contribution in [2.75, 3.05) is 11.9 Å². The number of rotatable bonds is 5. The fourth-order valence-electron chi connectivity index (χ4n) is 1.91. The van der Waals surface area contributed by atoms with Crippen molar-refractivity contribution in [1.82, 2.24) is 0 Å². The topological polar surface area (TPSA) is 55.4 Å². The number of ether oxygens (including phenoxy) is 1. The summed E-state index contributed by atoms with van der Waals surface area (Å²) in [6.45, 7) is 1.49. The first-order valence-corrected chi connectivity index (χ1v) is 7.87. The molecule has 0 bridgehead atoms. The number of halogens is 2. The molecule has 4 nitrogen and oxygen atoms in total. The molecule has 0 aliphatic rings. The summed E-state index contributed by atoms with van der Waals surface area (Å²) < 4.78 is 4.89. The first-order chi connectivity index (χ1) is 11.5. The van der Waals surface area contributed by atoms with E-state index in [4.69, 9.17) is 27.9 Å². The number of esters is 1. The zero-order chi connectivity index (χ0) is 17.5. The average Bonchev–Trinajstić information content (AvgIpc) is 2.54. The molecule has 0 aromatic heterocycles. The summed E-state index contributed by atoms with van der Waals surface area (Å²) in [6.07, 6.45) is 2.63. The van der Waals surface area contributed by atoms with Gasteiger partial charge in [-0.2, -0.15) is 0 Å². The minimum Gasteiger partial charge on any atom is -0.452 e. The molecule has 124 valence electrons. The summed E-state index contributed by atoms with van der Waals surface area (Å²) in [5, 5.41) is 3.52. The normalized spacial score (nSPS) is 10.6. The van der Waals surface area contributed by atoms with Crippen molar-refractivity contribution < 1.29 is 14.3 Å². The van der Waals surface area contributed by atoms with Gasteiger partial charge in [-0.15, -0.1) is 0 Å². The number of hydrogen-bond acceptors (Lipinski definition) is 3. The van der Waals surface area contributed by atoms with Gasteiger partial charge >= 0.3 is 5.97 Å². The third kappa shape index (κ3) is 5.11. The molecular weight excluding hydrogens is 349 g/mol. The molecule has 2 aromatic rings. The molecule has 0 aliphatic carbocycles. The number of hydrogen-bond donors (Lipinski definition) is 1. The molecule has 0 radical (unpaired) electrons. The van der Waals surface area contributed by atoms with Crippen LogP contribution in [0.4, 0.5) is 5.69 Å². The van der Waals surface area contributed by atoms with Crippen LogP contribution in [0.5, 0.6) is 0 Å². The van der Waals surface area contributed by atoms with Crippen LogP contribution in [0, 0.1) is 6.92 Å². The van der Waals surface area contributed by atoms with Crippen LogP contribution in [0.25, 0.3) is 6.08 Å². The van der Waals surface area contributed by atoms with Crippen LogP contribution in [-0.4, -0.2) is 18.5 Å². The molecule has 2 rings (SSSR count). The van der Waals surface area contributed by atoms with Gasteiger partial charge < -0.3 is 10.1 Å². The van der Waals surface area contributed by atoms with Crippen LogP contribution >= 0.6 is 23.2 Å². The van der Waals surface area contributed by atoms with Crippen LogP contribution in [0.15, 0.2) is 48.5 Å². The number of carbonyl (C=O) groups excluding carboxylic acids is 2. The van der Waals surface area contributed by atoms with Crippen molar-refractivity contribution in [1.29, 1.82) is 0 Å². The van der Waals surface area contributed by atoms with Crippen molar-refractivity contribution >= 4 is 46.8 Å². The maximum Gasteiger partial charge on any atom is 0.331 e. The molecule has 2 aromatic carbocycles. The van der Waals surface area contributed by atoms with E-state index in [0.717, 1.165) is 5.56 Å². The van der Waals surface area contributed by atoms with Crippen molar-refractivity contribution in [3.8, 4) is 0 Å². The van der Waals surface area contributed by atoms with Crippen LogP contribution in [0.3, 0.4) is 0 Å². The Hall–Kier alpha value is -2.30. The summed E-state index contributed by atoms with van der Waals surface area (Å²) in [4.78, 5) is 23.5. The molecule has 6 heteroatoms. The number of carbonyl (C=O) groups is 2. The molecule has 0 saturated carbocycles. The van der Waals surface area contributed by atoms with E-state index < -0.39 is 11.9 Å². The average molecular weight is 364 g/mol. The Morgan fingerprint density at radius 1 is 1.08 bits per heavy atom. The van der Waals surface area contributed by atoms with E-state index >= 15 is 0 Å². The molecular formula is C18H15Cl2NO3. The molecule has 1 amide bonds. The summed E-state index contributed by atoms with van der Waals surface area (Å²) in [5.41, 5.74) is 2.12. The van der Waals surface area contributed by atoms with Gasteiger partial charge in [0, 0.05) is 27.4 Å². The lowest BCUT2D eigenvalue weighted by Crippen LogP contribution is -2.20. The minimum atomic E-state index is -0.661. The molecule has 0 saturated heterocycles. The number of para-hydroxylation sites is 1. The standard InChI is InChI=1S/C18H15Cl2NO3/c1-12-5-2-3-8-16(12)21-17(22)11-24-18(23)10-9-13-14(19)6-4-7-15(13)20/h2-10H,11H2,1H3,(H,21,22)/b10-9+. The number of benzene rings is 2. The smallest absolute Gasteiger partial charge is 0.331 e. The van der Waals surface area contributed by atoms with E-state index in [1.165, 1.54) is 12.2 Å². The molecule has 1 N–H and O–H groups in total. The highest BCUT2D eigenvalue weighted by molar-refractivity contribution is 6.37. The lowest BCUT2D eigenvalue weighted by Gasteiger charge is -2.07. The van der Waals surface area contributed by atoms with Crippen molar-refractivity contribution in [3.63, 3.8) is 0 Å². The Bertz CT molecular complexity index is 767. The van der Waals surface area contributed by atoms with Gasteiger partial charge in [0.05, 0.1) is 0 Å². The predicted molar refractivity (Wildman–Crippen MR) is 96.3 cm³/mol. The Labute approximate surface area is 150 Å². The van der Waals surface area contributed by atoms with Crippen molar-refractivity contribution in [2.45, 2.75) is 6.92 Å². The predicted octanol–water partition coefficient (Wildman–Crippen LogP) is 4.50.